The fourth-order valence-corrected chi connectivity index (χ4v) is 4.75. The molecule has 0 saturated heterocycles. The highest BCUT2D eigenvalue weighted by molar-refractivity contribution is 6.06. The highest BCUT2D eigenvalue weighted by Gasteiger charge is 2.34. The molecule has 0 unspecified atom stereocenters. The number of nitrogens with zero attached hydrogens (tertiary/aromatic N) is 4. The molecule has 0 aliphatic carbocycles. The molecular formula is C25H20F4N4O. The smallest absolute Gasteiger partial charge is 0.255 e. The van der Waals surface area contributed by atoms with Crippen molar-refractivity contribution in [2.45, 2.75) is 26.3 Å². The van der Waals surface area contributed by atoms with Crippen LogP contribution in [0.3, 0.4) is 0 Å². The number of hydrogen-bond acceptors (Lipinski definition) is 3. The molecule has 34 heavy (non-hydrogen) atoms. The van der Waals surface area contributed by atoms with Crippen LogP contribution in [-0.4, -0.2) is 32.1 Å². The minimum Gasteiger partial charge on any atom is -0.330 e. The SMILES string of the molecule is Cc1cc(C(=O)N2CCc3c(nn(C)c3-c3cc(F)c(F)c(F)c3)[C@@H]2C)c2cccc(F)c2n1. The Hall–Kier alpha value is -3.75. The van der Waals surface area contributed by atoms with E-state index >= 15 is 0 Å². The highest BCUT2D eigenvalue weighted by atomic mass is 19.2. The lowest BCUT2D eigenvalue weighted by atomic mass is 9.94. The zero-order chi connectivity index (χ0) is 24.3. The van der Waals surface area contributed by atoms with E-state index in [1.807, 2.05) is 6.92 Å². The predicted octanol–water partition coefficient (Wildman–Crippen LogP) is 5.26. The summed E-state index contributed by atoms with van der Waals surface area (Å²) in [7, 11) is 1.63. The maximum Gasteiger partial charge on any atom is 0.255 e. The Morgan fingerprint density at radius 3 is 2.47 bits per heavy atom. The summed E-state index contributed by atoms with van der Waals surface area (Å²) >= 11 is 0. The van der Waals surface area contributed by atoms with E-state index in [0.717, 1.165) is 17.7 Å². The molecule has 9 heteroatoms. The van der Waals surface area contributed by atoms with Crippen molar-refractivity contribution >= 4 is 16.8 Å². The Morgan fingerprint density at radius 2 is 1.76 bits per heavy atom. The number of pyridine rings is 1. The number of aromatic nitrogens is 3. The highest BCUT2D eigenvalue weighted by Crippen LogP contribution is 2.37. The van der Waals surface area contributed by atoms with Crippen LogP contribution >= 0.6 is 0 Å². The van der Waals surface area contributed by atoms with Crippen molar-refractivity contribution in [3.05, 3.63) is 82.2 Å². The van der Waals surface area contributed by atoms with Crippen LogP contribution in [-0.2, 0) is 13.5 Å². The number of rotatable bonds is 2. The van der Waals surface area contributed by atoms with Crippen molar-refractivity contribution in [1.82, 2.24) is 19.7 Å². The van der Waals surface area contributed by atoms with E-state index in [9.17, 15) is 22.4 Å². The molecule has 0 bridgehead atoms. The van der Waals surface area contributed by atoms with Crippen LogP contribution < -0.4 is 0 Å². The minimum atomic E-state index is -1.53. The number of carbonyl (C=O) groups excluding carboxylic acids is 1. The van der Waals surface area contributed by atoms with Gasteiger partial charge in [-0.25, -0.2) is 22.5 Å². The molecule has 0 fully saturated rings. The molecule has 174 valence electrons. The van der Waals surface area contributed by atoms with Crippen molar-refractivity contribution in [3.8, 4) is 11.3 Å². The van der Waals surface area contributed by atoms with Gasteiger partial charge in [0.15, 0.2) is 17.5 Å². The van der Waals surface area contributed by atoms with Gasteiger partial charge in [-0.3, -0.25) is 9.48 Å². The largest absolute Gasteiger partial charge is 0.330 e. The lowest BCUT2D eigenvalue weighted by Gasteiger charge is -2.33. The Bertz CT molecular complexity index is 1460. The second kappa shape index (κ2) is 7.93. The van der Waals surface area contributed by atoms with E-state index < -0.39 is 29.3 Å². The van der Waals surface area contributed by atoms with Gasteiger partial charge in [0, 0.05) is 35.8 Å². The van der Waals surface area contributed by atoms with Crippen molar-refractivity contribution in [2.24, 2.45) is 7.05 Å². The molecule has 0 N–H and O–H groups in total. The first kappa shape index (κ1) is 22.1. The van der Waals surface area contributed by atoms with Crippen LogP contribution in [0.25, 0.3) is 22.2 Å². The van der Waals surface area contributed by atoms with Crippen LogP contribution in [0.4, 0.5) is 17.6 Å². The van der Waals surface area contributed by atoms with E-state index in [1.165, 1.54) is 16.8 Å². The minimum absolute atomic E-state index is 0.136. The van der Waals surface area contributed by atoms with Crippen LogP contribution in [0.15, 0.2) is 36.4 Å². The molecule has 5 rings (SSSR count). The van der Waals surface area contributed by atoms with Crippen LogP contribution in [0.2, 0.25) is 0 Å². The van der Waals surface area contributed by atoms with Crippen LogP contribution in [0.5, 0.6) is 0 Å². The summed E-state index contributed by atoms with van der Waals surface area (Å²) in [6, 6.07) is 7.57. The number of para-hydroxylation sites is 1. The van der Waals surface area contributed by atoms with Gasteiger partial charge in [0.1, 0.15) is 11.3 Å². The van der Waals surface area contributed by atoms with E-state index in [0.29, 0.717) is 41.0 Å². The number of benzene rings is 2. The number of carbonyl (C=O) groups is 1. The third-order valence-corrected chi connectivity index (χ3v) is 6.31. The first-order chi connectivity index (χ1) is 16.2. The zero-order valence-electron chi connectivity index (χ0n) is 18.7. The summed E-state index contributed by atoms with van der Waals surface area (Å²) < 4.78 is 57.1. The predicted molar refractivity (Wildman–Crippen MR) is 118 cm³/mol. The van der Waals surface area contributed by atoms with Gasteiger partial charge in [-0.15, -0.1) is 0 Å². The van der Waals surface area contributed by atoms with Crippen molar-refractivity contribution in [1.29, 1.82) is 0 Å². The summed E-state index contributed by atoms with van der Waals surface area (Å²) in [6.45, 7) is 3.83. The van der Waals surface area contributed by atoms with Gasteiger partial charge in [-0.2, -0.15) is 5.10 Å². The Balaban J connectivity index is 1.56. The van der Waals surface area contributed by atoms with Gasteiger partial charge in [-0.05, 0) is 44.5 Å². The standard InChI is InChI=1S/C25H20F4N4O/c1-12-9-17(15-5-4-6-18(26)23(15)30-12)25(34)33-8-7-16-22(13(33)2)31-32(3)24(16)14-10-19(27)21(29)20(28)11-14/h4-6,9-11,13H,7-8H2,1-3H3/t13-/m0/s1. The third kappa shape index (κ3) is 3.34. The Labute approximate surface area is 192 Å². The molecule has 2 aromatic carbocycles. The van der Waals surface area contributed by atoms with Gasteiger partial charge in [0.25, 0.3) is 5.91 Å². The van der Waals surface area contributed by atoms with Gasteiger partial charge in [0.05, 0.1) is 23.0 Å². The molecular weight excluding hydrogens is 448 g/mol. The van der Waals surface area contributed by atoms with Crippen LogP contribution in [0.1, 0.15) is 40.3 Å². The maximum atomic E-state index is 14.3. The fraction of sp³-hybridized carbons (Fsp3) is 0.240. The molecule has 0 spiro atoms. The summed E-state index contributed by atoms with van der Waals surface area (Å²) in [6.07, 6.45) is 0.381. The second-order valence-corrected chi connectivity index (χ2v) is 8.46. The normalized spacial score (nSPS) is 15.6. The molecule has 3 heterocycles. The molecule has 1 atom stereocenters. The van der Waals surface area contributed by atoms with Gasteiger partial charge in [-0.1, -0.05) is 12.1 Å². The molecule has 4 aromatic rings. The van der Waals surface area contributed by atoms with Gasteiger partial charge < -0.3 is 4.90 Å². The van der Waals surface area contributed by atoms with Crippen molar-refractivity contribution in [2.75, 3.05) is 6.54 Å². The molecule has 0 saturated carbocycles. The number of amides is 1. The first-order valence-electron chi connectivity index (χ1n) is 10.7. The van der Waals surface area contributed by atoms with Crippen molar-refractivity contribution in [3.63, 3.8) is 0 Å². The molecule has 0 radical (unpaired) electrons. The van der Waals surface area contributed by atoms with E-state index in [2.05, 4.69) is 10.1 Å². The topological polar surface area (TPSA) is 51.0 Å². The summed E-state index contributed by atoms with van der Waals surface area (Å²) in [5, 5.41) is 4.95. The molecule has 5 nitrogen and oxygen atoms in total. The van der Waals surface area contributed by atoms with Crippen LogP contribution in [0, 0.1) is 30.2 Å². The quantitative estimate of drug-likeness (QED) is 0.298. The van der Waals surface area contributed by atoms with Gasteiger partial charge >= 0.3 is 0 Å². The number of hydrogen-bond donors (Lipinski definition) is 0. The first-order valence-corrected chi connectivity index (χ1v) is 10.7. The molecule has 1 aliphatic rings. The second-order valence-electron chi connectivity index (χ2n) is 8.46. The summed E-state index contributed by atoms with van der Waals surface area (Å²) in [5.74, 6) is -4.88. The Morgan fingerprint density at radius 1 is 1.06 bits per heavy atom. The average Bonchev–Trinajstić information content (AvgIpc) is 3.14. The van der Waals surface area contributed by atoms with E-state index in [4.69, 9.17) is 0 Å². The molecule has 1 aliphatic heterocycles. The maximum absolute atomic E-state index is 14.3. The monoisotopic (exact) mass is 468 g/mol. The van der Waals surface area contributed by atoms with E-state index in [-0.39, 0.29) is 17.0 Å². The van der Waals surface area contributed by atoms with E-state index in [1.54, 1.807) is 31.0 Å². The lowest BCUT2D eigenvalue weighted by Crippen LogP contribution is -2.39. The van der Waals surface area contributed by atoms with Crippen molar-refractivity contribution < 1.29 is 22.4 Å². The van der Waals surface area contributed by atoms with Gasteiger partial charge in [0.2, 0.25) is 0 Å². The number of fused-ring (bicyclic) bond motifs is 2. The Kier molecular flexibility index (Phi) is 5.15. The number of halogens is 4. The fourth-order valence-electron chi connectivity index (χ4n) is 4.75. The summed E-state index contributed by atoms with van der Waals surface area (Å²) in [4.78, 5) is 19.5. The number of aryl methyl sites for hydroxylation is 2. The lowest BCUT2D eigenvalue weighted by molar-refractivity contribution is 0.0675. The average molecular weight is 468 g/mol. The summed E-state index contributed by atoms with van der Waals surface area (Å²) in [5.41, 5.74) is 2.97. The zero-order valence-corrected chi connectivity index (χ0v) is 18.7. The molecule has 2 aromatic heterocycles. The third-order valence-electron chi connectivity index (χ3n) is 6.31. The molecule has 1 amide bonds.